The molecule has 0 spiro atoms. The van der Waals surface area contributed by atoms with Crippen LogP contribution in [0, 0.1) is 5.82 Å². The number of amides is 1. The second kappa shape index (κ2) is 9.10. The Balaban J connectivity index is 1.77. The lowest BCUT2D eigenvalue weighted by molar-refractivity contribution is -0.137. The summed E-state index contributed by atoms with van der Waals surface area (Å²) in [6.45, 7) is 2.87. The van der Waals surface area contributed by atoms with Crippen LogP contribution >= 0.6 is 11.8 Å². The molecule has 0 aliphatic carbocycles. The molecule has 2 N–H and O–H groups in total. The maximum absolute atomic E-state index is 13.7. The van der Waals surface area contributed by atoms with Crippen molar-refractivity contribution in [1.82, 2.24) is 5.32 Å². The zero-order valence-corrected chi connectivity index (χ0v) is 18.5. The lowest BCUT2D eigenvalue weighted by Crippen LogP contribution is -2.29. The van der Waals surface area contributed by atoms with Crippen LogP contribution in [-0.2, 0) is 16.2 Å². The van der Waals surface area contributed by atoms with Crippen LogP contribution in [0.4, 0.5) is 23.2 Å². The number of alkyl halides is 3. The third-order valence-corrected chi connectivity index (χ3v) is 7.30. The molecule has 1 heterocycles. The van der Waals surface area contributed by atoms with Crippen molar-refractivity contribution in [2.75, 3.05) is 10.5 Å². The molecule has 1 aliphatic rings. The molecule has 1 atom stereocenters. The highest BCUT2D eigenvalue weighted by molar-refractivity contribution is 8.14. The summed E-state index contributed by atoms with van der Waals surface area (Å²) in [6.07, 6.45) is -4.44. The zero-order valence-electron chi connectivity index (χ0n) is 16.9. The third kappa shape index (κ3) is 5.60. The Labute approximate surface area is 186 Å². The molecule has 3 rings (SSSR count). The van der Waals surface area contributed by atoms with Crippen LogP contribution in [0.15, 0.2) is 47.5 Å². The smallest absolute Gasteiger partial charge is 0.301 e. The molecule has 12 heteroatoms. The number of nitrogens with one attached hydrogen (secondary N) is 2. The predicted octanol–water partition coefficient (Wildman–Crippen LogP) is 4.57. The third-order valence-electron chi connectivity index (χ3n) is 4.59. The molecule has 1 unspecified atom stereocenters. The number of rotatable bonds is 5. The van der Waals surface area contributed by atoms with Gasteiger partial charge >= 0.3 is 6.18 Å². The lowest BCUT2D eigenvalue weighted by atomic mass is 10.1. The van der Waals surface area contributed by atoms with E-state index in [4.69, 9.17) is 0 Å². The van der Waals surface area contributed by atoms with Crippen LogP contribution in [0.3, 0.4) is 0 Å². The summed E-state index contributed by atoms with van der Waals surface area (Å²) in [7, 11) is -3.82. The van der Waals surface area contributed by atoms with Crippen molar-refractivity contribution < 1.29 is 30.8 Å². The fraction of sp³-hybridized carbons (Fsp3) is 0.300. The first-order valence-corrected chi connectivity index (χ1v) is 11.9. The highest BCUT2D eigenvalue weighted by Gasteiger charge is 2.31. The summed E-state index contributed by atoms with van der Waals surface area (Å²) >= 11 is 1.19. The van der Waals surface area contributed by atoms with E-state index in [2.05, 4.69) is 15.0 Å². The maximum Gasteiger partial charge on any atom is 0.416 e. The fourth-order valence-corrected chi connectivity index (χ4v) is 4.40. The molecule has 172 valence electrons. The molecule has 32 heavy (non-hydrogen) atoms. The Bertz CT molecular complexity index is 1150. The summed E-state index contributed by atoms with van der Waals surface area (Å²) in [5.74, 6) is -1.03. The van der Waals surface area contributed by atoms with E-state index in [9.17, 15) is 30.8 Å². The van der Waals surface area contributed by atoms with Gasteiger partial charge in [0.1, 0.15) is 5.82 Å². The van der Waals surface area contributed by atoms with Crippen LogP contribution in [0.25, 0.3) is 0 Å². The van der Waals surface area contributed by atoms with Crippen molar-refractivity contribution in [2.45, 2.75) is 31.3 Å². The molecule has 0 bridgehead atoms. The van der Waals surface area contributed by atoms with Crippen molar-refractivity contribution in [3.8, 4) is 0 Å². The number of anilines is 1. The van der Waals surface area contributed by atoms with Crippen LogP contribution < -0.4 is 10.0 Å². The molecular formula is C20H19F4N3O3S2. The summed E-state index contributed by atoms with van der Waals surface area (Å²) in [4.78, 5) is 17.0. The highest BCUT2D eigenvalue weighted by atomic mass is 32.2. The van der Waals surface area contributed by atoms with E-state index >= 15 is 0 Å². The van der Waals surface area contributed by atoms with E-state index < -0.39 is 44.8 Å². The normalized spacial score (nSPS) is 16.7. The summed E-state index contributed by atoms with van der Waals surface area (Å²) < 4.78 is 78.4. The van der Waals surface area contributed by atoms with Crippen molar-refractivity contribution in [3.05, 3.63) is 65.0 Å². The molecule has 0 saturated heterocycles. The monoisotopic (exact) mass is 489 g/mol. The number of carbonyl (C=O) groups excluding carboxylic acids is 1. The minimum absolute atomic E-state index is 0.100. The van der Waals surface area contributed by atoms with Gasteiger partial charge in [0.05, 0.1) is 28.1 Å². The van der Waals surface area contributed by atoms with E-state index in [1.165, 1.54) is 37.7 Å². The summed E-state index contributed by atoms with van der Waals surface area (Å²) in [5, 5.41) is 1.96. The molecule has 1 aliphatic heterocycles. The first kappa shape index (κ1) is 24.1. The second-order valence-electron chi connectivity index (χ2n) is 7.22. The molecule has 2 aromatic rings. The first-order chi connectivity index (χ1) is 14.9. The van der Waals surface area contributed by atoms with Crippen molar-refractivity contribution in [1.29, 1.82) is 0 Å². The number of sulfonamides is 1. The van der Waals surface area contributed by atoms with Crippen molar-refractivity contribution in [3.63, 3.8) is 0 Å². The average Bonchev–Trinajstić information content (AvgIpc) is 3.15. The number of halogens is 4. The second-order valence-corrected chi connectivity index (χ2v) is 10.5. The molecule has 0 fully saturated rings. The number of benzene rings is 2. The van der Waals surface area contributed by atoms with E-state index in [1.807, 2.05) is 0 Å². The van der Waals surface area contributed by atoms with E-state index in [1.54, 1.807) is 0 Å². The number of thioether (sulfide) groups is 1. The van der Waals surface area contributed by atoms with Gasteiger partial charge in [0.2, 0.25) is 10.0 Å². The number of carbonyl (C=O) groups is 1. The number of amidine groups is 1. The Morgan fingerprint density at radius 1 is 1.16 bits per heavy atom. The number of aliphatic imine (C=N–C) groups is 1. The van der Waals surface area contributed by atoms with Gasteiger partial charge in [-0.3, -0.25) is 14.5 Å². The van der Waals surface area contributed by atoms with Crippen LogP contribution in [0.2, 0.25) is 0 Å². The van der Waals surface area contributed by atoms with Gasteiger partial charge in [-0.1, -0.05) is 23.9 Å². The van der Waals surface area contributed by atoms with Crippen LogP contribution in [-0.4, -0.2) is 30.5 Å². The first-order valence-electron chi connectivity index (χ1n) is 9.37. The number of hydrogen-bond donors (Lipinski definition) is 2. The molecule has 0 radical (unpaired) electrons. The van der Waals surface area contributed by atoms with Gasteiger partial charge in [-0.25, -0.2) is 12.8 Å². The van der Waals surface area contributed by atoms with Crippen LogP contribution in [0.1, 0.15) is 41.4 Å². The Morgan fingerprint density at radius 3 is 2.41 bits per heavy atom. The quantitative estimate of drug-likeness (QED) is 0.603. The molecule has 2 aromatic carbocycles. The molecular weight excluding hydrogens is 470 g/mol. The number of nitrogens with zero attached hydrogens (tertiary/aromatic N) is 1. The maximum atomic E-state index is 13.7. The SMILES string of the molecule is CC(C)S(=O)(=O)Nc1cc(F)ccc1C(=O)NC1=NC(c2ccc(C(F)(F)F)cc2)CS1. The van der Waals surface area contributed by atoms with Crippen molar-refractivity contribution >= 4 is 38.5 Å². The van der Waals surface area contributed by atoms with E-state index in [0.717, 1.165) is 30.3 Å². The predicted molar refractivity (Wildman–Crippen MR) is 116 cm³/mol. The van der Waals surface area contributed by atoms with Gasteiger partial charge < -0.3 is 5.32 Å². The molecule has 0 saturated carbocycles. The highest BCUT2D eigenvalue weighted by Crippen LogP contribution is 2.33. The summed E-state index contributed by atoms with van der Waals surface area (Å²) in [5.41, 5.74) is -0.519. The Morgan fingerprint density at radius 2 is 1.81 bits per heavy atom. The average molecular weight is 490 g/mol. The summed E-state index contributed by atoms with van der Waals surface area (Å²) in [6, 6.07) is 7.23. The molecule has 0 aromatic heterocycles. The van der Waals surface area contributed by atoms with E-state index in [0.29, 0.717) is 11.3 Å². The Hall–Kier alpha value is -2.60. The molecule has 1 amide bonds. The van der Waals surface area contributed by atoms with Gasteiger partial charge in [-0.15, -0.1) is 0 Å². The minimum atomic E-state index is -4.44. The van der Waals surface area contributed by atoms with Gasteiger partial charge in [0.15, 0.2) is 5.17 Å². The minimum Gasteiger partial charge on any atom is -0.301 e. The lowest BCUT2D eigenvalue weighted by Gasteiger charge is -2.14. The standard InChI is InChI=1S/C20H19F4N3O3S2/c1-11(2)32(29,30)27-16-9-14(21)7-8-15(16)18(28)26-19-25-17(10-31-19)12-3-5-13(6-4-12)20(22,23)24/h3-9,11,17,27H,10H2,1-2H3,(H,25,26,28). The van der Waals surface area contributed by atoms with Gasteiger partial charge in [-0.05, 0) is 49.7 Å². The van der Waals surface area contributed by atoms with Gasteiger partial charge in [0.25, 0.3) is 5.91 Å². The molecule has 6 nitrogen and oxygen atoms in total. The van der Waals surface area contributed by atoms with Crippen LogP contribution in [0.5, 0.6) is 0 Å². The number of hydrogen-bond acceptors (Lipinski definition) is 5. The van der Waals surface area contributed by atoms with Gasteiger partial charge in [0, 0.05) is 5.75 Å². The fourth-order valence-electron chi connectivity index (χ4n) is 2.74. The Kier molecular flexibility index (Phi) is 6.84. The zero-order chi connectivity index (χ0) is 23.7. The van der Waals surface area contributed by atoms with E-state index in [-0.39, 0.29) is 16.4 Å². The largest absolute Gasteiger partial charge is 0.416 e. The van der Waals surface area contributed by atoms with Gasteiger partial charge in [-0.2, -0.15) is 13.2 Å². The van der Waals surface area contributed by atoms with Crippen molar-refractivity contribution in [2.24, 2.45) is 4.99 Å². The topological polar surface area (TPSA) is 87.6 Å².